The number of hydrogen-bond donors (Lipinski definition) is 13. The van der Waals surface area contributed by atoms with Crippen molar-refractivity contribution < 1.29 is 135 Å². The lowest BCUT2D eigenvalue weighted by Gasteiger charge is -2.24. The summed E-state index contributed by atoms with van der Waals surface area (Å²) < 4.78 is 51.4. The van der Waals surface area contributed by atoms with Crippen molar-refractivity contribution in [1.29, 1.82) is 0 Å². The fourth-order valence-electron chi connectivity index (χ4n) is 9.88. The van der Waals surface area contributed by atoms with Crippen LogP contribution in [-0.2, 0) is 76.1 Å². The van der Waals surface area contributed by atoms with E-state index in [2.05, 4.69) is 47.9 Å². The number of Topliss-reactive ketones (excluding diaryl/α,β-unsaturated/α-hetero) is 2. The van der Waals surface area contributed by atoms with Crippen molar-refractivity contribution in [2.24, 2.45) is 17.6 Å². The van der Waals surface area contributed by atoms with Gasteiger partial charge in [0.1, 0.15) is 62.5 Å². The Kier molecular flexibility index (Phi) is 57.1. The number of alkyl carbamates (subject to hydrolysis) is 9. The predicted molar refractivity (Wildman–Crippen MR) is 457 cm³/mol. The summed E-state index contributed by atoms with van der Waals surface area (Å²) in [5, 5.41) is 50.7. The average molecular weight is 1750 g/mol. The molecule has 9 amide bonds. The Hall–Kier alpha value is -9.39. The van der Waals surface area contributed by atoms with Crippen LogP contribution in [0.25, 0.3) is 0 Å². The molecule has 0 aliphatic heterocycles. The number of hydrogen-bond acceptors (Lipinski definition) is 26. The molecule has 0 bridgehead atoms. The third-order valence-electron chi connectivity index (χ3n) is 14.9. The van der Waals surface area contributed by atoms with Gasteiger partial charge in [-0.2, -0.15) is 0 Å². The minimum Gasteiger partial charge on any atom is -0.481 e. The molecule has 0 aliphatic rings. The number of carboxylic acids is 3. The Morgan fingerprint density at radius 2 is 0.451 bits per heavy atom. The summed E-state index contributed by atoms with van der Waals surface area (Å²) >= 11 is 0. The van der Waals surface area contributed by atoms with Crippen molar-refractivity contribution in [2.75, 3.05) is 46.4 Å². The van der Waals surface area contributed by atoms with E-state index >= 15 is 0 Å². The summed E-state index contributed by atoms with van der Waals surface area (Å²) in [4.78, 5) is 179. The molecule has 0 radical (unpaired) electrons. The van der Waals surface area contributed by atoms with E-state index in [1.807, 2.05) is 0 Å². The maximum Gasteiger partial charge on any atom is 0.408 e. The van der Waals surface area contributed by atoms with Crippen LogP contribution in [-0.4, -0.2) is 227 Å². The second-order valence-corrected chi connectivity index (χ2v) is 38.0. The van der Waals surface area contributed by atoms with Gasteiger partial charge < -0.3 is 116 Å². The monoisotopic (exact) mass is 1750 g/mol. The SMILES string of the molecule is CC(C)(C)OC(=O)NCCCCC(CC(=O)C(CCCCNC(=O)OC(C)(C)C)NC(=O)OC(C)(C)C)C(=O)O.CC(C)(C)OC(=O)NCCCCC(N)C(=O)O.CC(C)(C)OC(=O)NCCCCC(NC(=O)OC(C)(C)C)C(=O)O.COC(=O)C(CCCCNC(=O)OC(C)(C)C)CC(=O)C(CCCCNC(=O)OC(C)(C)C)NC(=O)OC(C)(C)C. The molecule has 14 N–H and O–H groups in total. The zero-order chi connectivity index (χ0) is 95.4. The van der Waals surface area contributed by atoms with E-state index in [1.165, 1.54) is 7.11 Å². The first-order valence-electron chi connectivity index (χ1n) is 41.8. The van der Waals surface area contributed by atoms with Crippen LogP contribution < -0.4 is 53.6 Å². The summed E-state index contributed by atoms with van der Waals surface area (Å²) in [6, 6.07) is -3.67. The van der Waals surface area contributed by atoms with E-state index in [1.54, 1.807) is 187 Å². The minimum absolute atomic E-state index is 0.122. The Morgan fingerprint density at radius 3 is 0.664 bits per heavy atom. The third kappa shape index (κ3) is 79.1. The normalized spacial score (nSPS) is 13.2. The van der Waals surface area contributed by atoms with Gasteiger partial charge in [-0.3, -0.25) is 24.0 Å². The number of unbranched alkanes of at least 4 members (excludes halogenated alkanes) is 6. The van der Waals surface area contributed by atoms with Crippen LogP contribution >= 0.6 is 0 Å². The number of rotatable bonds is 43. The molecule has 0 spiro atoms. The minimum atomic E-state index is -1.12. The van der Waals surface area contributed by atoms with Gasteiger partial charge in [-0.15, -0.1) is 0 Å². The maximum atomic E-state index is 13.3. The second kappa shape index (κ2) is 58.6. The van der Waals surface area contributed by atoms with Crippen LogP contribution in [0.3, 0.4) is 0 Å². The van der Waals surface area contributed by atoms with Crippen molar-refractivity contribution in [3.8, 4) is 0 Å². The van der Waals surface area contributed by atoms with Crippen molar-refractivity contribution in [3.63, 3.8) is 0 Å². The van der Waals surface area contributed by atoms with Gasteiger partial charge in [0.15, 0.2) is 11.6 Å². The summed E-state index contributed by atoms with van der Waals surface area (Å²) in [6.07, 6.45) is 2.65. The fraction of sp³-hybridized carbons (Fsp3) is 0.821. The Morgan fingerprint density at radius 1 is 0.254 bits per heavy atom. The first-order valence-corrected chi connectivity index (χ1v) is 41.8. The molecular formula is C84H156N10O28. The van der Waals surface area contributed by atoms with Crippen molar-refractivity contribution >= 4 is 90.3 Å². The van der Waals surface area contributed by atoms with Gasteiger partial charge in [0, 0.05) is 52.1 Å². The molecule has 710 valence electrons. The van der Waals surface area contributed by atoms with Crippen LogP contribution in [0.2, 0.25) is 0 Å². The van der Waals surface area contributed by atoms with E-state index in [0.717, 1.165) is 0 Å². The number of carbonyl (C=O) groups excluding carboxylic acids is 12. The summed E-state index contributed by atoms with van der Waals surface area (Å²) in [6.45, 7) is 49.4. The molecule has 0 heterocycles. The Bertz CT molecular complexity index is 3180. The van der Waals surface area contributed by atoms with Gasteiger partial charge in [0.25, 0.3) is 0 Å². The van der Waals surface area contributed by atoms with Crippen LogP contribution in [0.4, 0.5) is 43.2 Å². The fourth-order valence-corrected chi connectivity index (χ4v) is 9.88. The highest BCUT2D eigenvalue weighted by Gasteiger charge is 2.33. The van der Waals surface area contributed by atoms with Crippen LogP contribution in [0.1, 0.15) is 315 Å². The van der Waals surface area contributed by atoms with Gasteiger partial charge in [0.2, 0.25) is 0 Å². The van der Waals surface area contributed by atoms with Crippen molar-refractivity contribution in [2.45, 2.75) is 390 Å². The van der Waals surface area contributed by atoms with Gasteiger partial charge in [-0.05, 0) is 290 Å². The smallest absolute Gasteiger partial charge is 0.408 e. The molecular weight excluding hydrogens is 1600 g/mol. The first kappa shape index (κ1) is 119. The number of ketones is 2. The van der Waals surface area contributed by atoms with E-state index in [-0.39, 0.29) is 37.9 Å². The quantitative estimate of drug-likeness (QED) is 0.0153. The Labute approximate surface area is 723 Å². The lowest BCUT2D eigenvalue weighted by molar-refractivity contribution is -0.147. The van der Waals surface area contributed by atoms with E-state index in [0.29, 0.717) is 136 Å². The molecule has 122 heavy (non-hydrogen) atoms. The lowest BCUT2D eigenvalue weighted by Crippen LogP contribution is -2.44. The average Bonchev–Trinajstić information content (AvgIpc) is 0.858. The highest BCUT2D eigenvalue weighted by Crippen LogP contribution is 2.22. The third-order valence-corrected chi connectivity index (χ3v) is 14.9. The topological polar surface area (TPSA) is 543 Å². The van der Waals surface area contributed by atoms with Crippen molar-refractivity contribution in [3.05, 3.63) is 0 Å². The van der Waals surface area contributed by atoms with Gasteiger partial charge >= 0.3 is 78.7 Å². The molecule has 0 aromatic rings. The zero-order valence-electron chi connectivity index (χ0n) is 78.5. The number of aliphatic carboxylic acids is 3. The van der Waals surface area contributed by atoms with Crippen LogP contribution in [0, 0.1) is 11.8 Å². The molecule has 0 aromatic carbocycles. The molecule has 38 nitrogen and oxygen atoms in total. The number of carbonyl (C=O) groups is 15. The maximum absolute atomic E-state index is 13.3. The summed E-state index contributed by atoms with van der Waals surface area (Å²) in [5.74, 6) is -6.12. The predicted octanol–water partition coefficient (Wildman–Crippen LogP) is 13.7. The molecule has 0 aliphatic carbocycles. The van der Waals surface area contributed by atoms with E-state index in [9.17, 15) is 77.0 Å². The molecule has 6 atom stereocenters. The number of methoxy groups -OCH3 is 1. The number of carboxylic acid groups (broad SMARTS) is 3. The van der Waals surface area contributed by atoms with Crippen LogP contribution in [0.5, 0.6) is 0 Å². The largest absolute Gasteiger partial charge is 0.481 e. The van der Waals surface area contributed by atoms with Gasteiger partial charge in [0.05, 0.1) is 31.0 Å². The highest BCUT2D eigenvalue weighted by atomic mass is 16.6. The number of nitrogens with one attached hydrogen (secondary N) is 9. The molecule has 0 rings (SSSR count). The molecule has 38 heteroatoms. The molecule has 6 unspecified atom stereocenters. The number of ether oxygens (including phenoxy) is 10. The Balaban J connectivity index is -0.000000800. The molecule has 0 aromatic heterocycles. The van der Waals surface area contributed by atoms with Crippen molar-refractivity contribution in [1.82, 2.24) is 47.9 Å². The standard InChI is InChI=1S/C29H53N3O9.C28H51N3O9.C16H30N2O6.C11H22N2O4/c1-27(2,3)39-24(35)30-17-13-11-15-20(23(34)38-10)19-22(33)21(32-26(37)41-29(7,8)9)16-12-14-18-31-25(36)40-28(4,5)6;1-26(2,3)38-23(35)29-16-12-10-14-19(22(33)34)18-21(32)20(31-25(37)40-28(7,8)9)15-11-13-17-30-24(36)39-27(4,5)6;1-15(2,3)23-13(21)17-10-8-7-9-11(12(19)20)18-14(22)24-16(4,5)6;1-11(2,3)17-10(16)13-7-5-4-6-8(12)9(14)15/h20-21H,11-19H2,1-10H3,(H,30,35)(H,31,36)(H,32,37);19-20H,10-18H2,1-9H3,(H,29,35)(H,30,36)(H,31,37)(H,33,34);11H,7-10H2,1-6H3,(H,17,21)(H,18,22)(H,19,20);8H,4-7,12H2,1-3H3,(H,13,16)(H,14,15). The van der Waals surface area contributed by atoms with E-state index in [4.69, 9.17) is 63.3 Å². The highest BCUT2D eigenvalue weighted by molar-refractivity contribution is 5.91. The summed E-state index contributed by atoms with van der Waals surface area (Å²) in [7, 11) is 1.26. The molecule has 0 saturated carbocycles. The number of esters is 1. The van der Waals surface area contributed by atoms with Crippen LogP contribution in [0.15, 0.2) is 0 Å². The summed E-state index contributed by atoms with van der Waals surface area (Å²) in [5.41, 5.74) is -0.385. The lowest BCUT2D eigenvalue weighted by atomic mass is 9.92. The van der Waals surface area contributed by atoms with E-state index < -0.39 is 171 Å². The van der Waals surface area contributed by atoms with Gasteiger partial charge in [-0.1, -0.05) is 12.8 Å². The first-order chi connectivity index (χ1) is 55.4. The number of amides is 9. The molecule has 0 fully saturated rings. The number of nitrogens with two attached hydrogens (primary N) is 1. The zero-order valence-corrected chi connectivity index (χ0v) is 78.5. The second-order valence-electron chi connectivity index (χ2n) is 38.0. The van der Waals surface area contributed by atoms with Gasteiger partial charge in [-0.25, -0.2) is 47.9 Å². The molecule has 0 saturated heterocycles.